The average molecular weight is 262 g/mol. The van der Waals surface area contributed by atoms with Gasteiger partial charge in [-0.25, -0.2) is 0 Å². The van der Waals surface area contributed by atoms with Gasteiger partial charge in [0, 0.05) is 39.8 Å². The molecule has 0 aliphatic rings. The van der Waals surface area contributed by atoms with Crippen LogP contribution in [0.1, 0.15) is 25.3 Å². The second-order valence-corrected chi connectivity index (χ2v) is 3.32. The van der Waals surface area contributed by atoms with Gasteiger partial charge in [0.2, 0.25) is 0 Å². The Kier molecular flexibility index (Phi) is 5.99. The minimum atomic E-state index is 0. The molecule has 0 aliphatic heterocycles. The van der Waals surface area contributed by atoms with E-state index in [9.17, 15) is 0 Å². The van der Waals surface area contributed by atoms with Crippen molar-refractivity contribution in [3.63, 3.8) is 0 Å². The number of benzene rings is 1. The van der Waals surface area contributed by atoms with Crippen LogP contribution in [0, 0.1) is 17.5 Å². The Morgan fingerprint density at radius 3 is 2.43 bits per heavy atom. The third-order valence-electron chi connectivity index (χ3n) is 1.98. The van der Waals surface area contributed by atoms with Crippen molar-refractivity contribution in [3.8, 4) is 6.19 Å². The van der Waals surface area contributed by atoms with Crippen LogP contribution in [0.3, 0.4) is 0 Å². The molecule has 1 aromatic rings. The monoisotopic (exact) mass is 262 g/mol. The molecule has 14 heavy (non-hydrogen) atoms. The Hall–Kier alpha value is -0.386. The zero-order chi connectivity index (χ0) is 9.84. The summed E-state index contributed by atoms with van der Waals surface area (Å²) in [5, 5.41) is 8.63. The molecule has 0 heterocycles. The molecule has 0 spiro atoms. The summed E-state index contributed by atoms with van der Waals surface area (Å²) in [5.41, 5.74) is 2.06. The molecule has 2 nitrogen and oxygen atoms in total. The Balaban J connectivity index is 0.00000169. The smallest absolute Gasteiger partial charge is 0.171 e. The predicted molar refractivity (Wildman–Crippen MR) is 53.4 cm³/mol. The summed E-state index contributed by atoms with van der Waals surface area (Å²) in [5.74, 6) is 0.487. The summed E-state index contributed by atoms with van der Waals surface area (Å²) in [6, 6.07) is 8.95. The third kappa shape index (κ3) is 3.40. The standard InChI is InChI=1S/C11H13N2.Y/c1-9(2)10-4-6-11(7-5-10)13(3)8-12;/h4,6-7,9H,1-3H3;/q-1;. The van der Waals surface area contributed by atoms with Crippen molar-refractivity contribution >= 4 is 5.69 Å². The molecular weight excluding hydrogens is 249 g/mol. The summed E-state index contributed by atoms with van der Waals surface area (Å²) >= 11 is 0. The Bertz CT molecular complexity index is 311. The molecule has 1 rings (SSSR count). The number of nitrogens with zero attached hydrogens (tertiary/aromatic N) is 2. The van der Waals surface area contributed by atoms with Crippen LogP contribution in [0.15, 0.2) is 18.2 Å². The second kappa shape index (κ2) is 6.16. The Morgan fingerprint density at radius 2 is 2.07 bits per heavy atom. The Morgan fingerprint density at radius 1 is 1.43 bits per heavy atom. The van der Waals surface area contributed by atoms with E-state index in [0.717, 1.165) is 5.69 Å². The summed E-state index contributed by atoms with van der Waals surface area (Å²) in [6.07, 6.45) is 2.04. The van der Waals surface area contributed by atoms with Gasteiger partial charge in [-0.15, -0.1) is 6.07 Å². The van der Waals surface area contributed by atoms with Gasteiger partial charge in [0.25, 0.3) is 0 Å². The number of hydrogen-bond acceptors (Lipinski definition) is 2. The van der Waals surface area contributed by atoms with E-state index < -0.39 is 0 Å². The molecular formula is C11H13N2Y-. The van der Waals surface area contributed by atoms with Crippen LogP contribution in [0.25, 0.3) is 0 Å². The van der Waals surface area contributed by atoms with Gasteiger partial charge in [-0.05, 0) is 5.92 Å². The summed E-state index contributed by atoms with van der Waals surface area (Å²) in [6.45, 7) is 4.25. The molecule has 0 saturated carbocycles. The summed E-state index contributed by atoms with van der Waals surface area (Å²) in [7, 11) is 1.73. The number of rotatable bonds is 2. The first-order chi connectivity index (χ1) is 6.15. The van der Waals surface area contributed by atoms with Crippen molar-refractivity contribution in [1.29, 1.82) is 5.26 Å². The van der Waals surface area contributed by atoms with Crippen molar-refractivity contribution in [1.82, 2.24) is 0 Å². The maximum absolute atomic E-state index is 8.63. The quantitative estimate of drug-likeness (QED) is 0.465. The van der Waals surface area contributed by atoms with Gasteiger partial charge in [0.1, 0.15) is 0 Å². The topological polar surface area (TPSA) is 27.0 Å². The third-order valence-corrected chi connectivity index (χ3v) is 1.98. The molecule has 1 aromatic carbocycles. The maximum atomic E-state index is 8.63. The van der Waals surface area contributed by atoms with E-state index in [2.05, 4.69) is 19.9 Å². The van der Waals surface area contributed by atoms with E-state index in [1.54, 1.807) is 7.05 Å². The second-order valence-electron chi connectivity index (χ2n) is 3.32. The first-order valence-electron chi connectivity index (χ1n) is 4.30. The van der Waals surface area contributed by atoms with E-state index in [1.165, 1.54) is 10.5 Å². The van der Waals surface area contributed by atoms with Gasteiger partial charge in [-0.2, -0.15) is 29.0 Å². The molecule has 0 atom stereocenters. The normalized spacial score (nSPS) is 9.07. The fourth-order valence-electron chi connectivity index (χ4n) is 1.05. The fourth-order valence-corrected chi connectivity index (χ4v) is 1.05. The van der Waals surface area contributed by atoms with Gasteiger partial charge < -0.3 is 4.90 Å². The molecule has 0 N–H and O–H groups in total. The molecule has 0 unspecified atom stereocenters. The van der Waals surface area contributed by atoms with Crippen molar-refractivity contribution in [3.05, 3.63) is 29.8 Å². The van der Waals surface area contributed by atoms with Crippen LogP contribution < -0.4 is 4.90 Å². The maximum Gasteiger partial charge on any atom is 0.171 e. The Labute approximate surface area is 111 Å². The molecule has 71 valence electrons. The van der Waals surface area contributed by atoms with Crippen LogP contribution in [0.2, 0.25) is 0 Å². The number of nitriles is 1. The van der Waals surface area contributed by atoms with Gasteiger partial charge in [-0.1, -0.05) is 19.5 Å². The van der Waals surface area contributed by atoms with Gasteiger partial charge >= 0.3 is 0 Å². The van der Waals surface area contributed by atoms with E-state index >= 15 is 0 Å². The molecule has 0 amide bonds. The van der Waals surface area contributed by atoms with Gasteiger partial charge in [0.15, 0.2) is 6.19 Å². The van der Waals surface area contributed by atoms with E-state index in [-0.39, 0.29) is 32.7 Å². The molecule has 0 bridgehead atoms. The molecule has 0 aliphatic carbocycles. The zero-order valence-electron chi connectivity index (χ0n) is 8.78. The van der Waals surface area contributed by atoms with Gasteiger partial charge in [0.05, 0.1) is 0 Å². The molecule has 0 saturated heterocycles. The van der Waals surface area contributed by atoms with Crippen LogP contribution in [-0.4, -0.2) is 7.05 Å². The van der Waals surface area contributed by atoms with Crippen LogP contribution in [-0.2, 0) is 32.7 Å². The summed E-state index contributed by atoms with van der Waals surface area (Å²) < 4.78 is 0. The number of hydrogen-bond donors (Lipinski definition) is 0. The summed E-state index contributed by atoms with van der Waals surface area (Å²) in [4.78, 5) is 1.51. The SMILES string of the molecule is CC(C)c1[c-]cc(N(C)C#N)cc1.[Y]. The number of anilines is 1. The predicted octanol–water partition coefficient (Wildman–Crippen LogP) is 2.52. The fraction of sp³-hybridized carbons (Fsp3) is 0.364. The molecule has 0 fully saturated rings. The largest absolute Gasteiger partial charge is 0.336 e. The minimum absolute atomic E-state index is 0. The van der Waals surface area contributed by atoms with Crippen molar-refractivity contribution in [2.45, 2.75) is 19.8 Å². The molecule has 0 aromatic heterocycles. The van der Waals surface area contributed by atoms with E-state index in [1.807, 2.05) is 24.4 Å². The van der Waals surface area contributed by atoms with E-state index in [4.69, 9.17) is 5.26 Å². The average Bonchev–Trinajstić information content (AvgIpc) is 2.17. The van der Waals surface area contributed by atoms with Crippen LogP contribution >= 0.6 is 0 Å². The van der Waals surface area contributed by atoms with Crippen molar-refractivity contribution in [2.24, 2.45) is 0 Å². The molecule has 1 radical (unpaired) electrons. The van der Waals surface area contributed by atoms with Crippen molar-refractivity contribution < 1.29 is 32.7 Å². The van der Waals surface area contributed by atoms with Crippen LogP contribution in [0.4, 0.5) is 5.69 Å². The first-order valence-corrected chi connectivity index (χ1v) is 4.30. The van der Waals surface area contributed by atoms with Crippen LogP contribution in [0.5, 0.6) is 0 Å². The minimum Gasteiger partial charge on any atom is -0.336 e. The van der Waals surface area contributed by atoms with Gasteiger partial charge in [-0.3, -0.25) is 0 Å². The molecule has 3 heteroatoms. The first kappa shape index (κ1) is 13.6. The zero-order valence-corrected chi connectivity index (χ0v) is 11.6. The van der Waals surface area contributed by atoms with Crippen molar-refractivity contribution in [2.75, 3.05) is 11.9 Å². The van der Waals surface area contributed by atoms with E-state index in [0.29, 0.717) is 5.92 Å².